The zero-order chi connectivity index (χ0) is 15.8. The van der Waals surface area contributed by atoms with Crippen LogP contribution in [0.3, 0.4) is 0 Å². The molecule has 0 atom stereocenters. The molecule has 0 radical (unpaired) electrons. The maximum Gasteiger partial charge on any atom is 0.339 e. The Kier molecular flexibility index (Phi) is 6.68. The van der Waals surface area contributed by atoms with Crippen LogP contribution in [0.2, 0.25) is 0 Å². The molecule has 0 saturated carbocycles. The Morgan fingerprint density at radius 3 is 2.24 bits per heavy atom. The number of hydrogen-bond donors (Lipinski definition) is 0. The van der Waals surface area contributed by atoms with Crippen LogP contribution in [0, 0.1) is 0 Å². The third-order valence-electron chi connectivity index (χ3n) is 2.45. The van der Waals surface area contributed by atoms with E-state index in [0.717, 1.165) is 11.8 Å². The monoisotopic (exact) mass is 308 g/mol. The summed E-state index contributed by atoms with van der Waals surface area (Å²) in [4.78, 5) is 34.8. The highest BCUT2D eigenvalue weighted by Crippen LogP contribution is 2.13. The van der Waals surface area contributed by atoms with Gasteiger partial charge in [-0.05, 0) is 24.6 Å². The Hall–Kier alpha value is -2.08. The predicted octanol–water partition coefficient (Wildman–Crippen LogP) is 2.47. The van der Waals surface area contributed by atoms with Gasteiger partial charge in [0.2, 0.25) is 5.12 Å². The molecule has 0 aromatic heterocycles. The first-order chi connectivity index (χ1) is 9.97. The summed E-state index contributed by atoms with van der Waals surface area (Å²) in [5.41, 5.74) is 0.735. The molecule has 112 valence electrons. The number of carbonyl (C=O) groups is 3. The second-order valence-electron chi connectivity index (χ2n) is 4.09. The van der Waals surface area contributed by atoms with Gasteiger partial charge in [-0.15, -0.1) is 0 Å². The van der Waals surface area contributed by atoms with Crippen LogP contribution in [0.4, 0.5) is 0 Å². The smallest absolute Gasteiger partial charge is 0.339 e. The number of carbonyl (C=O) groups excluding carboxylic acids is 3. The molecule has 0 aliphatic heterocycles. The number of benzene rings is 1. The van der Waals surface area contributed by atoms with Gasteiger partial charge in [-0.1, -0.05) is 30.5 Å². The molecule has 0 aliphatic carbocycles. The zero-order valence-corrected chi connectivity index (χ0v) is 12.7. The minimum atomic E-state index is -0.626. The Morgan fingerprint density at radius 2 is 1.71 bits per heavy atom. The average molecular weight is 308 g/mol. The first-order valence-corrected chi connectivity index (χ1v) is 7.13. The van der Waals surface area contributed by atoms with E-state index in [0.29, 0.717) is 11.3 Å². The number of thioether (sulfide) groups is 1. The van der Waals surface area contributed by atoms with E-state index in [1.54, 1.807) is 19.1 Å². The molecular weight excluding hydrogens is 292 g/mol. The third kappa shape index (κ3) is 5.07. The van der Waals surface area contributed by atoms with E-state index in [2.05, 4.69) is 11.3 Å². The van der Waals surface area contributed by atoms with E-state index in [4.69, 9.17) is 4.74 Å². The maximum atomic E-state index is 11.9. The van der Waals surface area contributed by atoms with Gasteiger partial charge in [0.05, 0.1) is 18.2 Å². The van der Waals surface area contributed by atoms with Crippen LogP contribution in [0.15, 0.2) is 36.4 Å². The van der Waals surface area contributed by atoms with Crippen molar-refractivity contribution in [3.63, 3.8) is 0 Å². The first-order valence-electron chi connectivity index (χ1n) is 6.14. The molecule has 0 unspecified atom stereocenters. The van der Waals surface area contributed by atoms with Crippen molar-refractivity contribution in [2.24, 2.45) is 0 Å². The van der Waals surface area contributed by atoms with Crippen LogP contribution in [0.25, 0.3) is 0 Å². The van der Waals surface area contributed by atoms with Crippen molar-refractivity contribution in [3.05, 3.63) is 47.5 Å². The molecule has 0 spiro atoms. The lowest BCUT2D eigenvalue weighted by Gasteiger charge is -2.08. The van der Waals surface area contributed by atoms with E-state index in [1.165, 1.54) is 19.2 Å². The van der Waals surface area contributed by atoms with Crippen LogP contribution in [0.1, 0.15) is 27.6 Å². The van der Waals surface area contributed by atoms with Gasteiger partial charge in [-0.25, -0.2) is 9.59 Å². The van der Waals surface area contributed by atoms with Gasteiger partial charge in [-0.2, -0.15) is 0 Å². The number of rotatable bonds is 6. The highest BCUT2D eigenvalue weighted by atomic mass is 32.2. The molecule has 0 bridgehead atoms. The van der Waals surface area contributed by atoms with Crippen molar-refractivity contribution in [3.8, 4) is 0 Å². The molecular formula is C15H16O5S. The second kappa shape index (κ2) is 8.26. The fourth-order valence-corrected chi connectivity index (χ4v) is 2.02. The van der Waals surface area contributed by atoms with E-state index >= 15 is 0 Å². The van der Waals surface area contributed by atoms with Crippen LogP contribution < -0.4 is 0 Å². The molecule has 0 N–H and O–H groups in total. The first kappa shape index (κ1) is 17.0. The van der Waals surface area contributed by atoms with Crippen molar-refractivity contribution in [2.75, 3.05) is 19.5 Å². The summed E-state index contributed by atoms with van der Waals surface area (Å²) in [5.74, 6) is -0.897. The summed E-state index contributed by atoms with van der Waals surface area (Å²) in [7, 11) is 1.24. The number of ether oxygens (including phenoxy) is 2. The minimum Gasteiger partial charge on any atom is -0.465 e. The molecule has 0 fully saturated rings. The SMILES string of the molecule is C=C(C)C(=O)SCCOC(=O)c1ccccc1C(=O)OC. The van der Waals surface area contributed by atoms with E-state index in [-0.39, 0.29) is 22.8 Å². The van der Waals surface area contributed by atoms with Crippen molar-refractivity contribution in [1.82, 2.24) is 0 Å². The number of hydrogen-bond acceptors (Lipinski definition) is 6. The van der Waals surface area contributed by atoms with Gasteiger partial charge >= 0.3 is 11.9 Å². The summed E-state index contributed by atoms with van der Waals surface area (Å²) in [6.45, 7) is 5.21. The highest BCUT2D eigenvalue weighted by Gasteiger charge is 2.18. The van der Waals surface area contributed by atoms with Crippen molar-refractivity contribution in [1.29, 1.82) is 0 Å². The van der Waals surface area contributed by atoms with Crippen LogP contribution in [-0.2, 0) is 14.3 Å². The van der Waals surface area contributed by atoms with Gasteiger partial charge in [0.1, 0.15) is 6.61 Å². The third-order valence-corrected chi connectivity index (χ3v) is 3.43. The topological polar surface area (TPSA) is 69.7 Å². The van der Waals surface area contributed by atoms with Crippen LogP contribution in [0.5, 0.6) is 0 Å². The van der Waals surface area contributed by atoms with Gasteiger partial charge in [0, 0.05) is 5.75 Å². The van der Waals surface area contributed by atoms with Crippen molar-refractivity contribution < 1.29 is 23.9 Å². The lowest BCUT2D eigenvalue weighted by Crippen LogP contribution is -2.14. The fraction of sp³-hybridized carbons (Fsp3) is 0.267. The predicted molar refractivity (Wildman–Crippen MR) is 80.3 cm³/mol. The van der Waals surface area contributed by atoms with Gasteiger partial charge < -0.3 is 9.47 Å². The zero-order valence-electron chi connectivity index (χ0n) is 11.9. The summed E-state index contributed by atoms with van der Waals surface area (Å²) < 4.78 is 9.65. The van der Waals surface area contributed by atoms with Crippen LogP contribution in [-0.4, -0.2) is 36.5 Å². The van der Waals surface area contributed by atoms with Crippen LogP contribution >= 0.6 is 11.8 Å². The summed E-state index contributed by atoms with van der Waals surface area (Å²) in [6.07, 6.45) is 0. The van der Waals surface area contributed by atoms with Gasteiger partial charge in [0.15, 0.2) is 0 Å². The van der Waals surface area contributed by atoms with Gasteiger partial charge in [0.25, 0.3) is 0 Å². The largest absolute Gasteiger partial charge is 0.465 e. The molecule has 1 aromatic carbocycles. The Bertz CT molecular complexity index is 565. The summed E-state index contributed by atoms with van der Waals surface area (Å²) >= 11 is 1.03. The van der Waals surface area contributed by atoms with E-state index < -0.39 is 11.9 Å². The second-order valence-corrected chi connectivity index (χ2v) is 5.16. The van der Waals surface area contributed by atoms with Crippen molar-refractivity contribution in [2.45, 2.75) is 6.92 Å². The molecule has 1 aromatic rings. The molecule has 5 nitrogen and oxygen atoms in total. The number of esters is 2. The molecule has 21 heavy (non-hydrogen) atoms. The molecule has 6 heteroatoms. The average Bonchev–Trinajstić information content (AvgIpc) is 2.50. The Labute approximate surface area is 127 Å². The summed E-state index contributed by atoms with van der Waals surface area (Å²) in [5, 5.41) is -0.138. The Morgan fingerprint density at radius 1 is 1.14 bits per heavy atom. The van der Waals surface area contributed by atoms with Gasteiger partial charge in [-0.3, -0.25) is 4.79 Å². The van der Waals surface area contributed by atoms with E-state index in [1.807, 2.05) is 0 Å². The molecule has 0 saturated heterocycles. The minimum absolute atomic E-state index is 0.0675. The maximum absolute atomic E-state index is 11.9. The highest BCUT2D eigenvalue weighted by molar-refractivity contribution is 8.14. The van der Waals surface area contributed by atoms with E-state index in [9.17, 15) is 14.4 Å². The standard InChI is InChI=1S/C15H16O5S/c1-10(2)15(18)21-9-8-20-14(17)12-7-5-4-6-11(12)13(16)19-3/h4-7H,1,8-9H2,2-3H3. The lowest BCUT2D eigenvalue weighted by molar-refractivity contribution is -0.107. The summed E-state index contributed by atoms with van der Waals surface area (Å²) in [6, 6.07) is 6.23. The molecule has 0 amide bonds. The fourth-order valence-electron chi connectivity index (χ4n) is 1.42. The molecule has 0 heterocycles. The normalized spacial score (nSPS) is 9.81. The molecule has 0 aliphatic rings. The van der Waals surface area contributed by atoms with Crippen molar-refractivity contribution >= 4 is 28.8 Å². The Balaban J connectivity index is 2.59. The molecule has 1 rings (SSSR count). The quantitative estimate of drug-likeness (QED) is 0.457. The lowest BCUT2D eigenvalue weighted by atomic mass is 10.1. The number of methoxy groups -OCH3 is 1.